The summed E-state index contributed by atoms with van der Waals surface area (Å²) in [5, 5.41) is 9.28. The standard InChI is InChI=1S/C20H18F3N3O2/c21-20(22,23)15-10-12(11-26-8-1-2-9-26)6-7-13(15)18-24-16-5-3-4-14(19(27)28)17(16)25-18/h3-7,10H,1-2,8-9,11H2,(H,24,25)(H,27,28). The smallest absolute Gasteiger partial charge is 0.417 e. The molecule has 2 heterocycles. The number of nitrogens with zero attached hydrogens (tertiary/aromatic N) is 2. The zero-order valence-corrected chi connectivity index (χ0v) is 14.9. The van der Waals surface area contributed by atoms with Gasteiger partial charge in [-0.25, -0.2) is 9.78 Å². The third-order valence-electron chi connectivity index (χ3n) is 4.99. The van der Waals surface area contributed by atoms with E-state index < -0.39 is 17.7 Å². The number of nitrogens with one attached hydrogen (secondary N) is 1. The number of halogens is 3. The van der Waals surface area contributed by atoms with Crippen LogP contribution in [0.3, 0.4) is 0 Å². The summed E-state index contributed by atoms with van der Waals surface area (Å²) in [4.78, 5) is 20.5. The van der Waals surface area contributed by atoms with E-state index in [-0.39, 0.29) is 22.5 Å². The first-order valence-electron chi connectivity index (χ1n) is 8.98. The van der Waals surface area contributed by atoms with Crippen LogP contribution < -0.4 is 0 Å². The van der Waals surface area contributed by atoms with Gasteiger partial charge in [0.05, 0.1) is 16.6 Å². The van der Waals surface area contributed by atoms with E-state index in [9.17, 15) is 23.1 Å². The second-order valence-electron chi connectivity index (χ2n) is 6.95. The topological polar surface area (TPSA) is 69.2 Å². The SMILES string of the molecule is O=C(O)c1cccc2[nH]c(-c3ccc(CN4CCCC4)cc3C(F)(F)F)nc12. The molecule has 1 aromatic heterocycles. The van der Waals surface area contributed by atoms with Gasteiger partial charge in [0.1, 0.15) is 11.3 Å². The van der Waals surface area contributed by atoms with Gasteiger partial charge >= 0.3 is 12.1 Å². The van der Waals surface area contributed by atoms with Crippen molar-refractivity contribution in [2.24, 2.45) is 0 Å². The molecule has 0 atom stereocenters. The quantitative estimate of drug-likeness (QED) is 0.687. The summed E-state index contributed by atoms with van der Waals surface area (Å²) in [6, 6.07) is 8.74. The molecule has 1 aliphatic rings. The molecule has 0 unspecified atom stereocenters. The molecular weight excluding hydrogens is 371 g/mol. The molecule has 1 saturated heterocycles. The summed E-state index contributed by atoms with van der Waals surface area (Å²) >= 11 is 0. The van der Waals surface area contributed by atoms with E-state index in [2.05, 4.69) is 14.9 Å². The molecule has 8 heteroatoms. The van der Waals surface area contributed by atoms with Crippen LogP contribution in [0.1, 0.15) is 34.3 Å². The lowest BCUT2D eigenvalue weighted by atomic mass is 10.0. The van der Waals surface area contributed by atoms with E-state index in [4.69, 9.17) is 0 Å². The maximum atomic E-state index is 13.7. The Balaban J connectivity index is 1.79. The van der Waals surface area contributed by atoms with Gasteiger partial charge < -0.3 is 10.1 Å². The van der Waals surface area contributed by atoms with Crippen LogP contribution in [0.4, 0.5) is 13.2 Å². The number of hydrogen-bond donors (Lipinski definition) is 2. The molecule has 2 N–H and O–H groups in total. The van der Waals surface area contributed by atoms with Gasteiger partial charge in [-0.15, -0.1) is 0 Å². The molecule has 0 spiro atoms. The molecule has 146 valence electrons. The Morgan fingerprint density at radius 1 is 1.18 bits per heavy atom. The highest BCUT2D eigenvalue weighted by molar-refractivity contribution is 6.01. The van der Waals surface area contributed by atoms with Crippen molar-refractivity contribution in [2.45, 2.75) is 25.6 Å². The summed E-state index contributed by atoms with van der Waals surface area (Å²) in [7, 11) is 0. The Labute approximate surface area is 158 Å². The number of alkyl halides is 3. The molecule has 0 radical (unpaired) electrons. The molecule has 2 aromatic carbocycles. The largest absolute Gasteiger partial charge is 0.478 e. The first kappa shape index (κ1) is 18.5. The van der Waals surface area contributed by atoms with Crippen LogP contribution in [-0.4, -0.2) is 39.0 Å². The van der Waals surface area contributed by atoms with Crippen LogP contribution in [0.2, 0.25) is 0 Å². The maximum absolute atomic E-state index is 13.7. The van der Waals surface area contributed by atoms with Crippen LogP contribution in [0.25, 0.3) is 22.4 Å². The number of aromatic amines is 1. The highest BCUT2D eigenvalue weighted by Crippen LogP contribution is 2.38. The summed E-state index contributed by atoms with van der Waals surface area (Å²) in [6.07, 6.45) is -2.42. The fourth-order valence-electron chi connectivity index (χ4n) is 3.66. The van der Waals surface area contributed by atoms with Gasteiger partial charge in [0, 0.05) is 12.1 Å². The van der Waals surface area contributed by atoms with Gasteiger partial charge in [-0.1, -0.05) is 18.2 Å². The fourth-order valence-corrected chi connectivity index (χ4v) is 3.66. The molecule has 1 aliphatic heterocycles. The summed E-state index contributed by atoms with van der Waals surface area (Å²) in [5.74, 6) is -1.18. The third kappa shape index (κ3) is 3.47. The molecular formula is C20H18F3N3O2. The molecule has 4 rings (SSSR count). The number of likely N-dealkylation sites (tertiary alicyclic amines) is 1. The van der Waals surface area contributed by atoms with Crippen LogP contribution in [0.5, 0.6) is 0 Å². The number of aromatic carboxylic acids is 1. The Bertz CT molecular complexity index is 1040. The molecule has 0 bridgehead atoms. The number of hydrogen-bond acceptors (Lipinski definition) is 3. The predicted molar refractivity (Wildman–Crippen MR) is 98.0 cm³/mol. The Morgan fingerprint density at radius 2 is 1.93 bits per heavy atom. The average molecular weight is 389 g/mol. The van der Waals surface area contributed by atoms with Crippen molar-refractivity contribution in [1.82, 2.24) is 14.9 Å². The van der Waals surface area contributed by atoms with Crippen molar-refractivity contribution in [2.75, 3.05) is 13.1 Å². The Kier molecular flexibility index (Phi) is 4.58. The van der Waals surface area contributed by atoms with E-state index in [0.29, 0.717) is 17.6 Å². The first-order chi connectivity index (χ1) is 13.3. The normalized spacial score (nSPS) is 15.4. The second kappa shape index (κ2) is 6.94. The van der Waals surface area contributed by atoms with Crippen molar-refractivity contribution in [3.63, 3.8) is 0 Å². The van der Waals surface area contributed by atoms with E-state index in [1.54, 1.807) is 12.1 Å². The molecule has 0 saturated carbocycles. The number of fused-ring (bicyclic) bond motifs is 1. The number of aromatic nitrogens is 2. The van der Waals surface area contributed by atoms with Gasteiger partial charge in [0.15, 0.2) is 0 Å². The van der Waals surface area contributed by atoms with Gasteiger partial charge in [0.2, 0.25) is 0 Å². The minimum absolute atomic E-state index is 0.00347. The average Bonchev–Trinajstić information content (AvgIpc) is 3.29. The second-order valence-corrected chi connectivity index (χ2v) is 6.95. The number of carboxylic acid groups (broad SMARTS) is 1. The van der Waals surface area contributed by atoms with Gasteiger partial charge in [0.25, 0.3) is 0 Å². The van der Waals surface area contributed by atoms with E-state index in [1.807, 2.05) is 0 Å². The summed E-state index contributed by atoms with van der Waals surface area (Å²) < 4.78 is 41.2. The number of H-pyrrole nitrogens is 1. The van der Waals surface area contributed by atoms with Crippen molar-refractivity contribution < 1.29 is 23.1 Å². The van der Waals surface area contributed by atoms with Crippen molar-refractivity contribution in [3.8, 4) is 11.4 Å². The lowest BCUT2D eigenvalue weighted by molar-refractivity contribution is -0.137. The zero-order valence-electron chi connectivity index (χ0n) is 14.9. The highest BCUT2D eigenvalue weighted by Gasteiger charge is 2.35. The molecule has 28 heavy (non-hydrogen) atoms. The van der Waals surface area contributed by atoms with Crippen molar-refractivity contribution in [1.29, 1.82) is 0 Å². The number of para-hydroxylation sites is 1. The van der Waals surface area contributed by atoms with Crippen LogP contribution in [0.15, 0.2) is 36.4 Å². The van der Waals surface area contributed by atoms with Crippen molar-refractivity contribution >= 4 is 17.0 Å². The number of benzene rings is 2. The molecule has 5 nitrogen and oxygen atoms in total. The van der Waals surface area contributed by atoms with Crippen LogP contribution in [0, 0.1) is 0 Å². The maximum Gasteiger partial charge on any atom is 0.417 e. The zero-order chi connectivity index (χ0) is 19.9. The monoisotopic (exact) mass is 389 g/mol. The summed E-state index contributed by atoms with van der Waals surface area (Å²) in [6.45, 7) is 2.27. The van der Waals surface area contributed by atoms with Gasteiger partial charge in [-0.2, -0.15) is 13.2 Å². The van der Waals surface area contributed by atoms with E-state index in [0.717, 1.165) is 25.9 Å². The Hall–Kier alpha value is -2.87. The minimum atomic E-state index is -4.55. The van der Waals surface area contributed by atoms with Crippen LogP contribution in [-0.2, 0) is 12.7 Å². The fraction of sp³-hybridized carbons (Fsp3) is 0.300. The molecule has 0 aliphatic carbocycles. The van der Waals surface area contributed by atoms with Crippen molar-refractivity contribution in [3.05, 3.63) is 53.1 Å². The molecule has 0 amide bonds. The Morgan fingerprint density at radius 3 is 2.61 bits per heavy atom. The van der Waals surface area contributed by atoms with E-state index >= 15 is 0 Å². The first-order valence-corrected chi connectivity index (χ1v) is 8.98. The summed E-state index contributed by atoms with van der Waals surface area (Å²) in [5.41, 5.74) is 0.188. The lowest BCUT2D eigenvalue weighted by Crippen LogP contribution is -2.19. The number of carbonyl (C=O) groups is 1. The third-order valence-corrected chi connectivity index (χ3v) is 4.99. The number of rotatable bonds is 4. The van der Waals surface area contributed by atoms with E-state index in [1.165, 1.54) is 24.3 Å². The highest BCUT2D eigenvalue weighted by atomic mass is 19.4. The number of carboxylic acids is 1. The van der Waals surface area contributed by atoms with Gasteiger partial charge in [-0.05, 0) is 49.7 Å². The predicted octanol–water partition coefficient (Wildman–Crippen LogP) is 4.54. The van der Waals surface area contributed by atoms with Gasteiger partial charge in [-0.3, -0.25) is 4.90 Å². The van der Waals surface area contributed by atoms with Crippen LogP contribution >= 0.6 is 0 Å². The number of imidazole rings is 1. The minimum Gasteiger partial charge on any atom is -0.478 e. The lowest BCUT2D eigenvalue weighted by Gasteiger charge is -2.17. The molecule has 3 aromatic rings. The molecule has 1 fully saturated rings.